The molecule has 0 spiro atoms. The highest BCUT2D eigenvalue weighted by Crippen LogP contribution is 1.94. The summed E-state index contributed by atoms with van der Waals surface area (Å²) in [4.78, 5) is 11.8. The van der Waals surface area contributed by atoms with Gasteiger partial charge in [0.1, 0.15) is 0 Å². The van der Waals surface area contributed by atoms with Gasteiger partial charge in [-0.3, -0.25) is 4.40 Å². The molecule has 8 heteroatoms. The second-order valence-corrected chi connectivity index (χ2v) is 5.83. The minimum Gasteiger partial charge on any atom is -0.250 e. The number of hydrogen-bond acceptors (Lipinski definition) is 4. The summed E-state index contributed by atoms with van der Waals surface area (Å²) in [5, 5.41) is 4.09. The lowest BCUT2D eigenvalue weighted by Crippen LogP contribution is -2.32. The molecule has 0 atom stereocenters. The highest BCUT2D eigenvalue weighted by molar-refractivity contribution is 7.89. The number of pyridine rings is 1. The van der Waals surface area contributed by atoms with Gasteiger partial charge in [0.25, 0.3) is 0 Å². The Morgan fingerprint density at radius 1 is 1.39 bits per heavy atom. The molecule has 0 aromatic carbocycles. The van der Waals surface area contributed by atoms with E-state index in [4.69, 9.17) is 0 Å². The predicted octanol–water partition coefficient (Wildman–Crippen LogP) is -0.565. The maximum atomic E-state index is 11.8. The fraction of sp³-hybridized carbons (Fsp3) is 0.400. The van der Waals surface area contributed by atoms with Crippen molar-refractivity contribution < 1.29 is 8.42 Å². The van der Waals surface area contributed by atoms with Crippen LogP contribution in [0, 0.1) is 0 Å². The molecular formula is C10H14N4O3S. The normalized spacial score (nSPS) is 12.1. The first-order valence-electron chi connectivity index (χ1n) is 5.55. The van der Waals surface area contributed by atoms with Crippen LogP contribution in [-0.4, -0.2) is 34.9 Å². The summed E-state index contributed by atoms with van der Waals surface area (Å²) in [7, 11) is -3.23. The van der Waals surface area contributed by atoms with Crippen LogP contribution < -0.4 is 10.4 Å². The van der Waals surface area contributed by atoms with Gasteiger partial charge in [0.15, 0.2) is 5.65 Å². The number of nitrogens with zero attached hydrogens (tertiary/aromatic N) is 3. The zero-order valence-corrected chi connectivity index (χ0v) is 10.7. The number of rotatable bonds is 5. The van der Waals surface area contributed by atoms with E-state index in [0.29, 0.717) is 5.65 Å². The van der Waals surface area contributed by atoms with Crippen molar-refractivity contribution in [1.29, 1.82) is 0 Å². The van der Waals surface area contributed by atoms with Crippen LogP contribution in [0.1, 0.15) is 6.92 Å². The molecule has 0 saturated heterocycles. The number of aromatic nitrogens is 3. The van der Waals surface area contributed by atoms with Gasteiger partial charge < -0.3 is 0 Å². The van der Waals surface area contributed by atoms with Crippen LogP contribution in [0.25, 0.3) is 5.65 Å². The number of fused-ring (bicyclic) bond motifs is 1. The van der Waals surface area contributed by atoms with Crippen molar-refractivity contribution in [2.45, 2.75) is 13.5 Å². The van der Waals surface area contributed by atoms with E-state index in [-0.39, 0.29) is 24.5 Å². The molecule has 18 heavy (non-hydrogen) atoms. The summed E-state index contributed by atoms with van der Waals surface area (Å²) in [5.41, 5.74) is 0.266. The average molecular weight is 270 g/mol. The Bertz CT molecular complexity index is 701. The third kappa shape index (κ3) is 2.59. The largest absolute Gasteiger partial charge is 0.350 e. The van der Waals surface area contributed by atoms with Crippen LogP contribution in [0.2, 0.25) is 0 Å². The lowest BCUT2D eigenvalue weighted by atomic mass is 10.5. The molecule has 0 aliphatic heterocycles. The Labute approximate surface area is 104 Å². The van der Waals surface area contributed by atoms with Gasteiger partial charge in [0.05, 0.1) is 12.3 Å². The first kappa shape index (κ1) is 12.8. The van der Waals surface area contributed by atoms with E-state index in [1.165, 1.54) is 9.08 Å². The molecule has 0 radical (unpaired) electrons. The van der Waals surface area contributed by atoms with Crippen LogP contribution in [0.4, 0.5) is 0 Å². The van der Waals surface area contributed by atoms with Crippen molar-refractivity contribution in [3.8, 4) is 0 Å². The van der Waals surface area contributed by atoms with E-state index in [0.717, 1.165) is 0 Å². The summed E-state index contributed by atoms with van der Waals surface area (Å²) in [6, 6.07) is 5.24. The lowest BCUT2D eigenvalue weighted by molar-refractivity contribution is 0.554. The molecule has 2 heterocycles. The third-order valence-corrected chi connectivity index (χ3v) is 3.92. The molecule has 0 amide bonds. The molecule has 7 nitrogen and oxygen atoms in total. The standard InChI is InChI=1S/C10H14N4O3S/c1-2-18(16,17)11-6-8-14-10(15)13-7-4-3-5-9(13)12-14/h3-5,7,11H,2,6,8H2,1H3. The van der Waals surface area contributed by atoms with Crippen molar-refractivity contribution in [3.05, 3.63) is 34.9 Å². The smallest absolute Gasteiger partial charge is 0.250 e. The summed E-state index contributed by atoms with van der Waals surface area (Å²) in [6.45, 7) is 1.92. The highest BCUT2D eigenvalue weighted by Gasteiger charge is 2.08. The average Bonchev–Trinajstić information content (AvgIpc) is 2.67. The van der Waals surface area contributed by atoms with Crippen LogP contribution in [-0.2, 0) is 16.6 Å². The van der Waals surface area contributed by atoms with Gasteiger partial charge in [-0.1, -0.05) is 6.07 Å². The minimum atomic E-state index is -3.23. The van der Waals surface area contributed by atoms with Crippen molar-refractivity contribution in [2.75, 3.05) is 12.3 Å². The Morgan fingerprint density at radius 3 is 2.83 bits per heavy atom. The van der Waals surface area contributed by atoms with Crippen LogP contribution in [0.15, 0.2) is 29.2 Å². The van der Waals surface area contributed by atoms with E-state index in [1.54, 1.807) is 31.3 Å². The summed E-state index contributed by atoms with van der Waals surface area (Å²) in [6.07, 6.45) is 1.62. The SMILES string of the molecule is CCS(=O)(=O)NCCn1nc2ccccn2c1=O. The van der Waals surface area contributed by atoms with E-state index >= 15 is 0 Å². The molecule has 98 valence electrons. The van der Waals surface area contributed by atoms with Gasteiger partial charge in [0, 0.05) is 12.7 Å². The topological polar surface area (TPSA) is 85.5 Å². The summed E-state index contributed by atoms with van der Waals surface area (Å²) in [5.74, 6) is 0.0209. The van der Waals surface area contributed by atoms with Gasteiger partial charge in [-0.05, 0) is 19.1 Å². The number of sulfonamides is 1. The molecule has 0 unspecified atom stereocenters. The Morgan fingerprint density at radius 2 is 2.17 bits per heavy atom. The Hall–Kier alpha value is -1.67. The zero-order chi connectivity index (χ0) is 13.2. The second-order valence-electron chi connectivity index (χ2n) is 3.73. The van der Waals surface area contributed by atoms with Gasteiger partial charge in [0.2, 0.25) is 10.0 Å². The van der Waals surface area contributed by atoms with Crippen molar-refractivity contribution >= 4 is 15.7 Å². The molecule has 2 aromatic rings. The zero-order valence-electron chi connectivity index (χ0n) is 9.91. The third-order valence-electron chi connectivity index (χ3n) is 2.51. The number of hydrogen-bond donors (Lipinski definition) is 1. The summed E-state index contributed by atoms with van der Waals surface area (Å²) < 4.78 is 27.5. The van der Waals surface area contributed by atoms with Gasteiger partial charge in [-0.15, -0.1) is 5.10 Å². The minimum absolute atomic E-state index is 0.0209. The maximum Gasteiger partial charge on any atom is 0.350 e. The van der Waals surface area contributed by atoms with Gasteiger partial charge in [-0.2, -0.15) is 0 Å². The van der Waals surface area contributed by atoms with Crippen LogP contribution >= 0.6 is 0 Å². The Kier molecular flexibility index (Phi) is 3.48. The second kappa shape index (κ2) is 4.91. The molecule has 1 N–H and O–H groups in total. The molecule has 2 rings (SSSR count). The molecule has 0 aliphatic rings. The fourth-order valence-electron chi connectivity index (χ4n) is 1.52. The fourth-order valence-corrected chi connectivity index (χ4v) is 2.13. The molecule has 0 saturated carbocycles. The van der Waals surface area contributed by atoms with Crippen LogP contribution in [0.3, 0.4) is 0 Å². The first-order chi connectivity index (χ1) is 8.53. The van der Waals surface area contributed by atoms with E-state index in [2.05, 4.69) is 9.82 Å². The van der Waals surface area contributed by atoms with Gasteiger partial charge >= 0.3 is 5.69 Å². The van der Waals surface area contributed by atoms with E-state index in [9.17, 15) is 13.2 Å². The van der Waals surface area contributed by atoms with Crippen molar-refractivity contribution in [1.82, 2.24) is 18.9 Å². The molecular weight excluding hydrogens is 256 g/mol. The molecule has 0 fully saturated rings. The van der Waals surface area contributed by atoms with Crippen molar-refractivity contribution in [3.63, 3.8) is 0 Å². The highest BCUT2D eigenvalue weighted by atomic mass is 32.2. The van der Waals surface area contributed by atoms with Crippen LogP contribution in [0.5, 0.6) is 0 Å². The predicted molar refractivity (Wildman–Crippen MR) is 66.9 cm³/mol. The monoisotopic (exact) mass is 270 g/mol. The quantitative estimate of drug-likeness (QED) is 0.789. The summed E-state index contributed by atoms with van der Waals surface area (Å²) >= 11 is 0. The first-order valence-corrected chi connectivity index (χ1v) is 7.20. The molecule has 0 bridgehead atoms. The van der Waals surface area contributed by atoms with E-state index < -0.39 is 10.0 Å². The Balaban J connectivity index is 2.14. The number of nitrogens with one attached hydrogen (secondary N) is 1. The lowest BCUT2D eigenvalue weighted by Gasteiger charge is -2.02. The maximum absolute atomic E-state index is 11.8. The van der Waals surface area contributed by atoms with Crippen molar-refractivity contribution in [2.24, 2.45) is 0 Å². The van der Waals surface area contributed by atoms with Gasteiger partial charge in [-0.25, -0.2) is 22.6 Å². The van der Waals surface area contributed by atoms with E-state index in [1.807, 2.05) is 0 Å². The molecule has 2 aromatic heterocycles. The molecule has 0 aliphatic carbocycles.